The highest BCUT2D eigenvalue weighted by atomic mass is 16.2. The number of hydrogen-bond acceptors (Lipinski definition) is 2. The van der Waals surface area contributed by atoms with Gasteiger partial charge < -0.3 is 10.2 Å². The maximum absolute atomic E-state index is 12.0. The molecule has 3 heteroatoms. The van der Waals surface area contributed by atoms with E-state index in [2.05, 4.69) is 19.2 Å². The molecule has 0 spiro atoms. The van der Waals surface area contributed by atoms with Gasteiger partial charge in [0.25, 0.3) is 5.91 Å². The molecule has 94 valence electrons. The molecule has 1 unspecified atom stereocenters. The zero-order valence-electron chi connectivity index (χ0n) is 11.2. The molecule has 1 aromatic carbocycles. The summed E-state index contributed by atoms with van der Waals surface area (Å²) in [4.78, 5) is 13.6. The number of hydrogen-bond donors (Lipinski definition) is 1. The third-order valence-electron chi connectivity index (χ3n) is 2.90. The Labute approximate surface area is 104 Å². The summed E-state index contributed by atoms with van der Waals surface area (Å²) in [6.45, 7) is 5.26. The van der Waals surface area contributed by atoms with Crippen LogP contribution in [0, 0.1) is 5.92 Å². The fourth-order valence-electron chi connectivity index (χ4n) is 1.49. The molecule has 1 amide bonds. The van der Waals surface area contributed by atoms with Gasteiger partial charge in [-0.2, -0.15) is 0 Å². The Morgan fingerprint density at radius 2 is 2.00 bits per heavy atom. The van der Waals surface area contributed by atoms with Crippen LogP contribution in [0.5, 0.6) is 0 Å². The van der Waals surface area contributed by atoms with E-state index < -0.39 is 0 Å². The van der Waals surface area contributed by atoms with Crippen molar-refractivity contribution in [1.82, 2.24) is 4.90 Å². The minimum atomic E-state index is 0.0391. The molecule has 0 fully saturated rings. The topological polar surface area (TPSA) is 32.3 Å². The van der Waals surface area contributed by atoms with Crippen LogP contribution in [0.15, 0.2) is 24.3 Å². The summed E-state index contributed by atoms with van der Waals surface area (Å²) in [7, 11) is 3.54. The van der Waals surface area contributed by atoms with E-state index >= 15 is 0 Å². The molecule has 0 aliphatic rings. The smallest absolute Gasteiger partial charge is 0.255 e. The fraction of sp³-hybridized carbons (Fsp3) is 0.500. The van der Waals surface area contributed by atoms with Crippen molar-refractivity contribution in [2.75, 3.05) is 26.0 Å². The lowest BCUT2D eigenvalue weighted by molar-refractivity contribution is 0.0828. The number of carbonyl (C=O) groups excluding carboxylic acids is 1. The second-order valence-electron chi connectivity index (χ2n) is 4.64. The first-order valence-corrected chi connectivity index (χ1v) is 6.10. The number of para-hydroxylation sites is 1. The van der Waals surface area contributed by atoms with Gasteiger partial charge in [0.15, 0.2) is 0 Å². The fourth-order valence-corrected chi connectivity index (χ4v) is 1.49. The largest absolute Gasteiger partial charge is 0.384 e. The van der Waals surface area contributed by atoms with Crippen molar-refractivity contribution < 1.29 is 4.79 Å². The van der Waals surface area contributed by atoms with E-state index in [0.717, 1.165) is 24.2 Å². The molecule has 0 heterocycles. The van der Waals surface area contributed by atoms with Crippen molar-refractivity contribution in [3.63, 3.8) is 0 Å². The number of rotatable bonds is 5. The van der Waals surface area contributed by atoms with E-state index in [1.807, 2.05) is 24.3 Å². The average molecular weight is 234 g/mol. The van der Waals surface area contributed by atoms with Crippen molar-refractivity contribution in [1.29, 1.82) is 0 Å². The Bertz CT molecular complexity index is 374. The van der Waals surface area contributed by atoms with E-state index in [1.54, 1.807) is 19.0 Å². The maximum Gasteiger partial charge on any atom is 0.255 e. The number of carbonyl (C=O) groups is 1. The van der Waals surface area contributed by atoms with Crippen LogP contribution < -0.4 is 5.32 Å². The van der Waals surface area contributed by atoms with Crippen LogP contribution in [0.25, 0.3) is 0 Å². The Morgan fingerprint density at radius 1 is 1.35 bits per heavy atom. The summed E-state index contributed by atoms with van der Waals surface area (Å²) < 4.78 is 0. The second kappa shape index (κ2) is 6.28. The molecule has 0 saturated carbocycles. The van der Waals surface area contributed by atoms with Gasteiger partial charge >= 0.3 is 0 Å². The summed E-state index contributed by atoms with van der Waals surface area (Å²) in [6, 6.07) is 7.66. The molecule has 1 N–H and O–H groups in total. The molecule has 1 rings (SSSR count). The van der Waals surface area contributed by atoms with Crippen LogP contribution in [0.4, 0.5) is 5.69 Å². The molecule has 0 aliphatic heterocycles. The molecule has 0 radical (unpaired) electrons. The van der Waals surface area contributed by atoms with Gasteiger partial charge in [-0.25, -0.2) is 0 Å². The van der Waals surface area contributed by atoms with Gasteiger partial charge in [0.2, 0.25) is 0 Å². The zero-order valence-corrected chi connectivity index (χ0v) is 11.2. The molecule has 17 heavy (non-hydrogen) atoms. The Hall–Kier alpha value is -1.51. The number of nitrogens with zero attached hydrogens (tertiary/aromatic N) is 1. The maximum atomic E-state index is 12.0. The quantitative estimate of drug-likeness (QED) is 0.849. The summed E-state index contributed by atoms with van der Waals surface area (Å²) in [5.41, 5.74) is 1.66. The highest BCUT2D eigenvalue weighted by Gasteiger charge is 2.12. The lowest BCUT2D eigenvalue weighted by Gasteiger charge is -2.17. The molecule has 1 aromatic rings. The highest BCUT2D eigenvalue weighted by molar-refractivity contribution is 5.99. The van der Waals surface area contributed by atoms with Crippen molar-refractivity contribution in [2.45, 2.75) is 20.3 Å². The van der Waals surface area contributed by atoms with Crippen molar-refractivity contribution in [2.24, 2.45) is 5.92 Å². The standard InChI is InChI=1S/C14H22N2O/c1-5-11(2)10-15-13-9-7-6-8-12(13)14(17)16(3)4/h6-9,11,15H,5,10H2,1-4H3. The number of benzene rings is 1. The predicted octanol–water partition coefficient (Wildman–Crippen LogP) is 2.85. The first-order chi connectivity index (χ1) is 8.06. The minimum Gasteiger partial charge on any atom is -0.384 e. The van der Waals surface area contributed by atoms with Gasteiger partial charge in [0.05, 0.1) is 5.56 Å². The van der Waals surface area contributed by atoms with Crippen LogP contribution in [0.1, 0.15) is 30.6 Å². The first-order valence-electron chi connectivity index (χ1n) is 6.10. The van der Waals surface area contributed by atoms with Crippen molar-refractivity contribution in [3.8, 4) is 0 Å². The lowest BCUT2D eigenvalue weighted by atomic mass is 10.1. The van der Waals surface area contributed by atoms with Crippen LogP contribution in [-0.4, -0.2) is 31.4 Å². The minimum absolute atomic E-state index is 0.0391. The Balaban J connectivity index is 2.81. The summed E-state index contributed by atoms with van der Waals surface area (Å²) in [5, 5.41) is 3.35. The lowest BCUT2D eigenvalue weighted by Crippen LogP contribution is -2.23. The van der Waals surface area contributed by atoms with E-state index in [-0.39, 0.29) is 5.91 Å². The molecular weight excluding hydrogens is 212 g/mol. The normalized spacial score (nSPS) is 12.0. The van der Waals surface area contributed by atoms with E-state index in [4.69, 9.17) is 0 Å². The van der Waals surface area contributed by atoms with Gasteiger partial charge in [-0.3, -0.25) is 4.79 Å². The molecular formula is C14H22N2O. The third kappa shape index (κ3) is 3.77. The van der Waals surface area contributed by atoms with E-state index in [9.17, 15) is 4.79 Å². The monoisotopic (exact) mass is 234 g/mol. The number of amides is 1. The van der Waals surface area contributed by atoms with Crippen LogP contribution >= 0.6 is 0 Å². The van der Waals surface area contributed by atoms with Crippen LogP contribution in [-0.2, 0) is 0 Å². The van der Waals surface area contributed by atoms with Gasteiger partial charge in [0, 0.05) is 26.3 Å². The molecule has 1 atom stereocenters. The van der Waals surface area contributed by atoms with Gasteiger partial charge in [-0.05, 0) is 18.1 Å². The summed E-state index contributed by atoms with van der Waals surface area (Å²) in [5.74, 6) is 0.648. The molecule has 3 nitrogen and oxygen atoms in total. The van der Waals surface area contributed by atoms with Crippen molar-refractivity contribution in [3.05, 3.63) is 29.8 Å². The molecule has 0 aliphatic carbocycles. The van der Waals surface area contributed by atoms with Crippen LogP contribution in [0.3, 0.4) is 0 Å². The average Bonchev–Trinajstić information content (AvgIpc) is 2.35. The van der Waals surface area contributed by atoms with Gasteiger partial charge in [-0.15, -0.1) is 0 Å². The molecule has 0 aromatic heterocycles. The zero-order chi connectivity index (χ0) is 12.8. The molecule has 0 saturated heterocycles. The Morgan fingerprint density at radius 3 is 2.59 bits per heavy atom. The molecule has 0 bridgehead atoms. The summed E-state index contributed by atoms with van der Waals surface area (Å²) in [6.07, 6.45) is 1.14. The van der Waals surface area contributed by atoms with Gasteiger partial charge in [-0.1, -0.05) is 32.4 Å². The van der Waals surface area contributed by atoms with Gasteiger partial charge in [0.1, 0.15) is 0 Å². The Kier molecular flexibility index (Phi) is 5.01. The SMILES string of the molecule is CCC(C)CNc1ccccc1C(=O)N(C)C. The predicted molar refractivity (Wildman–Crippen MR) is 72.4 cm³/mol. The second-order valence-corrected chi connectivity index (χ2v) is 4.64. The highest BCUT2D eigenvalue weighted by Crippen LogP contribution is 2.17. The van der Waals surface area contributed by atoms with E-state index in [0.29, 0.717) is 5.92 Å². The third-order valence-corrected chi connectivity index (χ3v) is 2.90. The number of nitrogens with one attached hydrogen (secondary N) is 1. The van der Waals surface area contributed by atoms with Crippen LogP contribution in [0.2, 0.25) is 0 Å². The number of anilines is 1. The van der Waals surface area contributed by atoms with E-state index in [1.165, 1.54) is 0 Å². The summed E-state index contributed by atoms with van der Waals surface area (Å²) >= 11 is 0. The first kappa shape index (κ1) is 13.6. The van der Waals surface area contributed by atoms with Crippen molar-refractivity contribution >= 4 is 11.6 Å².